The van der Waals surface area contributed by atoms with E-state index in [0.717, 1.165) is 22.4 Å². The van der Waals surface area contributed by atoms with Crippen molar-refractivity contribution in [2.45, 2.75) is 20.1 Å². The van der Waals surface area contributed by atoms with E-state index in [9.17, 15) is 14.7 Å². The fraction of sp³-hybridized carbons (Fsp3) is 0.103. The highest BCUT2D eigenvalue weighted by atomic mass is 17.1. The molecule has 0 spiro atoms. The molecule has 0 aliphatic carbocycles. The molecular formula is C29H26N2O7. The number of aryl methyl sites for hydroxylation is 1. The average molecular weight is 515 g/mol. The molecule has 0 fully saturated rings. The Balaban J connectivity index is 1.30. The lowest BCUT2D eigenvalue weighted by Crippen LogP contribution is -2.16. The minimum absolute atomic E-state index is 0.0492. The number of carbonyl (C=O) groups is 2. The zero-order chi connectivity index (χ0) is 26.9. The fourth-order valence-electron chi connectivity index (χ4n) is 3.67. The van der Waals surface area contributed by atoms with Crippen molar-refractivity contribution in [1.29, 1.82) is 0 Å². The number of anilines is 2. The first-order valence-electron chi connectivity index (χ1n) is 11.7. The van der Waals surface area contributed by atoms with Crippen LogP contribution in [0.1, 0.15) is 37.4 Å². The first-order valence-corrected chi connectivity index (χ1v) is 11.7. The number of rotatable bonds is 11. The van der Waals surface area contributed by atoms with Gasteiger partial charge in [0.05, 0.1) is 23.4 Å². The third-order valence-electron chi connectivity index (χ3n) is 5.61. The van der Waals surface area contributed by atoms with Crippen molar-refractivity contribution in [3.63, 3.8) is 0 Å². The second-order valence-corrected chi connectivity index (χ2v) is 8.39. The summed E-state index contributed by atoms with van der Waals surface area (Å²) in [6, 6.07) is 26.0. The molecule has 9 nitrogen and oxygen atoms in total. The molecule has 4 rings (SSSR count). The molecule has 4 aromatic carbocycles. The van der Waals surface area contributed by atoms with Crippen molar-refractivity contribution in [2.24, 2.45) is 0 Å². The number of hydrogen-bond acceptors (Lipinski definition) is 7. The Morgan fingerprint density at radius 3 is 1.97 bits per heavy atom. The summed E-state index contributed by atoms with van der Waals surface area (Å²) in [6.45, 7) is 2.13. The molecule has 1 amide bonds. The van der Waals surface area contributed by atoms with Gasteiger partial charge >= 0.3 is 5.97 Å². The third-order valence-corrected chi connectivity index (χ3v) is 5.61. The van der Waals surface area contributed by atoms with Gasteiger partial charge in [0.25, 0.3) is 5.91 Å². The van der Waals surface area contributed by atoms with Crippen molar-refractivity contribution in [2.75, 3.05) is 10.8 Å². The van der Waals surface area contributed by atoms with Crippen molar-refractivity contribution >= 4 is 23.3 Å². The summed E-state index contributed by atoms with van der Waals surface area (Å²) in [5.41, 5.74) is 6.60. The molecule has 0 aliphatic rings. The number of ether oxygens (including phenoxy) is 1. The van der Waals surface area contributed by atoms with E-state index in [1.54, 1.807) is 61.5 Å². The number of benzene rings is 4. The molecule has 0 radical (unpaired) electrons. The molecule has 38 heavy (non-hydrogen) atoms. The highest BCUT2D eigenvalue weighted by molar-refractivity contribution is 6.10. The van der Waals surface area contributed by atoms with Crippen LogP contribution in [0.2, 0.25) is 0 Å². The third kappa shape index (κ3) is 6.95. The topological polar surface area (TPSA) is 126 Å². The van der Waals surface area contributed by atoms with E-state index >= 15 is 0 Å². The Morgan fingerprint density at radius 1 is 0.763 bits per heavy atom. The summed E-state index contributed by atoms with van der Waals surface area (Å²) >= 11 is 0. The Kier molecular flexibility index (Phi) is 8.68. The van der Waals surface area contributed by atoms with Gasteiger partial charge in [0.1, 0.15) is 18.1 Å². The monoisotopic (exact) mass is 514 g/mol. The standard InChI is InChI=1S/C29H26N2O7/c1-19-6-15-26(27(16-19)29(33)34)28(32)30-22-7-11-24(12-8-22)38-25-13-9-23(10-14-25)31-36-17-20-4-2-3-5-21(20)18-37-35/h2-16,31,35H,17-18H2,1H3,(H,30,32)(H,33,34). The van der Waals surface area contributed by atoms with Gasteiger partial charge in [-0.3, -0.25) is 20.4 Å². The number of nitrogens with one attached hydrogen (secondary N) is 2. The maximum absolute atomic E-state index is 12.6. The molecule has 0 saturated carbocycles. The van der Waals surface area contributed by atoms with Gasteiger partial charge in [-0.1, -0.05) is 35.9 Å². The Bertz CT molecular complexity index is 1400. The highest BCUT2D eigenvalue weighted by Gasteiger charge is 2.17. The zero-order valence-electron chi connectivity index (χ0n) is 20.5. The van der Waals surface area contributed by atoms with E-state index in [2.05, 4.69) is 15.7 Å². The molecule has 0 aromatic heterocycles. The van der Waals surface area contributed by atoms with E-state index in [0.29, 0.717) is 17.2 Å². The molecular weight excluding hydrogens is 488 g/mol. The van der Waals surface area contributed by atoms with Gasteiger partial charge in [0.15, 0.2) is 0 Å². The highest BCUT2D eigenvalue weighted by Crippen LogP contribution is 2.25. The van der Waals surface area contributed by atoms with E-state index in [1.807, 2.05) is 24.3 Å². The lowest BCUT2D eigenvalue weighted by atomic mass is 10.0. The van der Waals surface area contributed by atoms with Gasteiger partial charge in [-0.2, -0.15) is 0 Å². The van der Waals surface area contributed by atoms with Gasteiger partial charge in [0.2, 0.25) is 0 Å². The second kappa shape index (κ2) is 12.5. The first-order chi connectivity index (χ1) is 18.4. The summed E-state index contributed by atoms with van der Waals surface area (Å²) in [6.07, 6.45) is 0. The first kappa shape index (κ1) is 26.4. The maximum atomic E-state index is 12.6. The van der Waals surface area contributed by atoms with Crippen molar-refractivity contribution < 1.29 is 34.4 Å². The van der Waals surface area contributed by atoms with Crippen LogP contribution >= 0.6 is 0 Å². The molecule has 0 heterocycles. The van der Waals surface area contributed by atoms with Gasteiger partial charge in [-0.15, -0.1) is 0 Å². The van der Waals surface area contributed by atoms with Crippen molar-refractivity contribution in [3.8, 4) is 11.5 Å². The minimum atomic E-state index is -1.16. The van der Waals surface area contributed by atoms with Crippen LogP contribution in [0.5, 0.6) is 11.5 Å². The van der Waals surface area contributed by atoms with Crippen LogP contribution in [0.15, 0.2) is 91.0 Å². The van der Waals surface area contributed by atoms with Crippen LogP contribution in [0.25, 0.3) is 0 Å². The van der Waals surface area contributed by atoms with Gasteiger partial charge in [-0.05, 0) is 78.7 Å². The molecule has 194 valence electrons. The number of carbonyl (C=O) groups excluding carboxylic acids is 1. The average Bonchev–Trinajstić information content (AvgIpc) is 2.92. The van der Waals surface area contributed by atoms with Crippen molar-refractivity contribution in [3.05, 3.63) is 119 Å². The van der Waals surface area contributed by atoms with Crippen LogP contribution in [0, 0.1) is 6.92 Å². The summed E-state index contributed by atoms with van der Waals surface area (Å²) in [4.78, 5) is 33.9. The molecule has 0 bridgehead atoms. The van der Waals surface area contributed by atoms with Crippen LogP contribution in [0.3, 0.4) is 0 Å². The molecule has 0 saturated heterocycles. The predicted octanol–water partition coefficient (Wildman–Crippen LogP) is 6.27. The van der Waals surface area contributed by atoms with Gasteiger partial charge in [0, 0.05) is 5.69 Å². The van der Waals surface area contributed by atoms with Crippen LogP contribution in [-0.4, -0.2) is 22.2 Å². The van der Waals surface area contributed by atoms with E-state index in [-0.39, 0.29) is 24.3 Å². The molecule has 0 aliphatic heterocycles. The van der Waals surface area contributed by atoms with Gasteiger partial charge in [-0.25, -0.2) is 9.68 Å². The van der Waals surface area contributed by atoms with Crippen LogP contribution < -0.4 is 15.5 Å². The number of carboxylic acid groups (broad SMARTS) is 1. The smallest absolute Gasteiger partial charge is 0.336 e. The second-order valence-electron chi connectivity index (χ2n) is 8.39. The zero-order valence-corrected chi connectivity index (χ0v) is 20.5. The normalized spacial score (nSPS) is 10.6. The summed E-state index contributed by atoms with van der Waals surface area (Å²) in [7, 11) is 0. The molecule has 4 N–H and O–H groups in total. The van der Waals surface area contributed by atoms with E-state index < -0.39 is 11.9 Å². The van der Waals surface area contributed by atoms with E-state index in [4.69, 9.17) is 14.8 Å². The summed E-state index contributed by atoms with van der Waals surface area (Å²) in [5, 5.41) is 20.8. The number of hydrogen-bond donors (Lipinski definition) is 4. The molecule has 0 unspecified atom stereocenters. The SMILES string of the molecule is Cc1ccc(C(=O)Nc2ccc(Oc3ccc(NOCc4ccccc4COO)cc3)cc2)c(C(=O)O)c1. The molecule has 0 atom stereocenters. The van der Waals surface area contributed by atoms with E-state index in [1.165, 1.54) is 12.1 Å². The quantitative estimate of drug-likeness (QED) is 0.136. The summed E-state index contributed by atoms with van der Waals surface area (Å²) in [5.74, 6) is -0.506. The number of amides is 1. The van der Waals surface area contributed by atoms with Gasteiger partial charge < -0.3 is 15.2 Å². The minimum Gasteiger partial charge on any atom is -0.478 e. The molecule has 9 heteroatoms. The fourth-order valence-corrected chi connectivity index (χ4v) is 3.67. The largest absolute Gasteiger partial charge is 0.478 e. The maximum Gasteiger partial charge on any atom is 0.336 e. The Hall–Kier alpha value is -4.70. The predicted molar refractivity (Wildman–Crippen MR) is 141 cm³/mol. The van der Waals surface area contributed by atoms with Crippen LogP contribution in [-0.2, 0) is 22.9 Å². The van der Waals surface area contributed by atoms with Crippen LogP contribution in [0.4, 0.5) is 11.4 Å². The lowest BCUT2D eigenvalue weighted by molar-refractivity contribution is -0.253. The summed E-state index contributed by atoms with van der Waals surface area (Å²) < 4.78 is 5.86. The van der Waals surface area contributed by atoms with Crippen molar-refractivity contribution in [1.82, 2.24) is 0 Å². The lowest BCUT2D eigenvalue weighted by Gasteiger charge is -2.12. The number of carboxylic acids is 1. The molecule has 4 aromatic rings. The Labute approximate surface area is 219 Å². The number of aromatic carboxylic acids is 1. The Morgan fingerprint density at radius 2 is 1.37 bits per heavy atom.